The van der Waals surface area contributed by atoms with Crippen molar-refractivity contribution in [3.05, 3.63) is 29.8 Å². The van der Waals surface area contributed by atoms with Gasteiger partial charge in [0.1, 0.15) is 0 Å². The molecule has 0 saturated heterocycles. The van der Waals surface area contributed by atoms with Crippen molar-refractivity contribution in [1.29, 1.82) is 0 Å². The minimum Gasteiger partial charge on any atom is -0.423 e. The first-order valence-corrected chi connectivity index (χ1v) is 6.49. The fourth-order valence-corrected chi connectivity index (χ4v) is 1.61. The van der Waals surface area contributed by atoms with E-state index in [4.69, 9.17) is 4.65 Å². The molecule has 1 rings (SSSR count). The zero-order chi connectivity index (χ0) is 14.7. The zero-order valence-corrected chi connectivity index (χ0v) is 12.4. The average Bonchev–Trinajstić information content (AvgIpc) is 2.28. The maximum atomic E-state index is 10.3. The number of nitrogens with one attached hydrogen (secondary N) is 1. The third-order valence-electron chi connectivity index (χ3n) is 3.57. The third-order valence-corrected chi connectivity index (χ3v) is 3.57. The van der Waals surface area contributed by atoms with E-state index in [2.05, 4.69) is 5.32 Å². The van der Waals surface area contributed by atoms with Gasteiger partial charge in [0.05, 0.1) is 11.2 Å². The summed E-state index contributed by atoms with van der Waals surface area (Å²) in [6, 6.07) is 7.55. The molecule has 0 fully saturated rings. The van der Waals surface area contributed by atoms with Crippen molar-refractivity contribution in [2.45, 2.75) is 45.4 Å². The van der Waals surface area contributed by atoms with Gasteiger partial charge in [-0.3, -0.25) is 0 Å². The van der Waals surface area contributed by atoms with E-state index in [0.717, 1.165) is 5.56 Å². The maximum absolute atomic E-state index is 10.3. The highest BCUT2D eigenvalue weighted by atomic mass is 16.5. The number of hydrogen-bond donors (Lipinski definition) is 3. The van der Waals surface area contributed by atoms with Gasteiger partial charge in [-0.05, 0) is 45.8 Å². The molecule has 106 valence electrons. The molecular weight excluding hydrogens is 241 g/mol. The molecule has 0 heterocycles. The Morgan fingerprint density at radius 3 is 2.32 bits per heavy atom. The Balaban J connectivity index is 2.92. The summed E-state index contributed by atoms with van der Waals surface area (Å²) < 4.78 is 5.65. The largest absolute Gasteiger partial charge is 0.491 e. The lowest BCUT2D eigenvalue weighted by Gasteiger charge is -2.38. The fourth-order valence-electron chi connectivity index (χ4n) is 1.61. The average molecular weight is 265 g/mol. The Kier molecular flexibility index (Phi) is 5.15. The van der Waals surface area contributed by atoms with Crippen LogP contribution in [0.3, 0.4) is 0 Å². The predicted octanol–water partition coefficient (Wildman–Crippen LogP) is 0.660. The van der Waals surface area contributed by atoms with Crippen LogP contribution in [0.15, 0.2) is 24.3 Å². The summed E-state index contributed by atoms with van der Waals surface area (Å²) in [5.41, 5.74) is -0.219. The summed E-state index contributed by atoms with van der Waals surface area (Å²) in [4.78, 5) is 0. The van der Waals surface area contributed by atoms with Gasteiger partial charge in [0.25, 0.3) is 0 Å². The molecule has 0 aliphatic carbocycles. The van der Waals surface area contributed by atoms with Crippen LogP contribution in [-0.2, 0) is 11.2 Å². The van der Waals surface area contributed by atoms with Crippen molar-refractivity contribution in [1.82, 2.24) is 5.32 Å². The molecule has 0 aliphatic rings. The molecule has 0 aliphatic heterocycles. The number of hydrogen-bond acceptors (Lipinski definition) is 4. The second-order valence-corrected chi connectivity index (χ2v) is 5.77. The topological polar surface area (TPSA) is 61.7 Å². The molecule has 1 aromatic rings. The molecule has 0 atom stereocenters. The summed E-state index contributed by atoms with van der Waals surface area (Å²) in [6.45, 7) is 7.51. The van der Waals surface area contributed by atoms with E-state index in [1.54, 1.807) is 27.7 Å². The first kappa shape index (κ1) is 16.2. The van der Waals surface area contributed by atoms with Gasteiger partial charge in [-0.15, -0.1) is 0 Å². The SMILES string of the molecule is CNCc1ccccc1B(O)OC(C)(C)C(C)(C)O. The lowest BCUT2D eigenvalue weighted by atomic mass is 9.74. The number of rotatable bonds is 6. The van der Waals surface area contributed by atoms with Crippen LogP contribution in [0.2, 0.25) is 0 Å². The number of aliphatic hydroxyl groups is 1. The summed E-state index contributed by atoms with van der Waals surface area (Å²) in [5.74, 6) is 0. The maximum Gasteiger partial charge on any atom is 0.491 e. The van der Waals surface area contributed by atoms with Crippen LogP contribution >= 0.6 is 0 Å². The Labute approximate surface area is 115 Å². The smallest absolute Gasteiger partial charge is 0.423 e. The molecule has 0 saturated carbocycles. The Morgan fingerprint density at radius 2 is 1.79 bits per heavy atom. The Hall–Kier alpha value is -0.875. The lowest BCUT2D eigenvalue weighted by molar-refractivity contribution is -0.0982. The summed E-state index contributed by atoms with van der Waals surface area (Å²) in [7, 11) is 0.788. The number of benzene rings is 1. The minimum absolute atomic E-state index is 0.652. The van der Waals surface area contributed by atoms with Gasteiger partial charge in [-0.1, -0.05) is 24.3 Å². The van der Waals surface area contributed by atoms with Crippen LogP contribution in [0.1, 0.15) is 33.3 Å². The molecule has 5 heteroatoms. The first-order chi connectivity index (χ1) is 8.69. The molecule has 0 amide bonds. The van der Waals surface area contributed by atoms with Crippen molar-refractivity contribution in [2.75, 3.05) is 7.05 Å². The second kappa shape index (κ2) is 6.05. The molecular formula is C14H24BNO3. The van der Waals surface area contributed by atoms with Crippen LogP contribution in [-0.4, -0.2) is 35.5 Å². The summed E-state index contributed by atoms with van der Waals surface area (Å²) in [6.07, 6.45) is 0. The van der Waals surface area contributed by atoms with E-state index in [9.17, 15) is 10.1 Å². The molecule has 0 radical (unpaired) electrons. The standard InChI is InChI=1S/C14H24BNO3/c1-13(2,17)14(3,4)19-15(18)12-9-7-6-8-11(12)10-16-5/h6-9,16-18H,10H2,1-5H3. The first-order valence-electron chi connectivity index (χ1n) is 6.49. The fraction of sp³-hybridized carbons (Fsp3) is 0.571. The summed E-state index contributed by atoms with van der Waals surface area (Å²) in [5, 5.41) is 23.4. The van der Waals surface area contributed by atoms with E-state index < -0.39 is 18.3 Å². The lowest BCUT2D eigenvalue weighted by Crippen LogP contribution is -2.53. The van der Waals surface area contributed by atoms with Crippen LogP contribution < -0.4 is 10.8 Å². The Morgan fingerprint density at radius 1 is 1.21 bits per heavy atom. The monoisotopic (exact) mass is 265 g/mol. The van der Waals surface area contributed by atoms with Gasteiger partial charge < -0.3 is 20.1 Å². The molecule has 4 nitrogen and oxygen atoms in total. The van der Waals surface area contributed by atoms with Crippen molar-refractivity contribution in [3.63, 3.8) is 0 Å². The normalized spacial score (nSPS) is 12.6. The van der Waals surface area contributed by atoms with Crippen molar-refractivity contribution in [3.8, 4) is 0 Å². The van der Waals surface area contributed by atoms with Crippen LogP contribution in [0.25, 0.3) is 0 Å². The molecule has 0 spiro atoms. The molecule has 3 N–H and O–H groups in total. The Bertz CT molecular complexity index is 415. The van der Waals surface area contributed by atoms with E-state index in [-0.39, 0.29) is 0 Å². The van der Waals surface area contributed by atoms with Crippen molar-refractivity contribution in [2.24, 2.45) is 0 Å². The molecule has 19 heavy (non-hydrogen) atoms. The van der Waals surface area contributed by atoms with E-state index in [1.807, 2.05) is 31.3 Å². The predicted molar refractivity (Wildman–Crippen MR) is 78.3 cm³/mol. The van der Waals surface area contributed by atoms with Crippen LogP contribution in [0.5, 0.6) is 0 Å². The van der Waals surface area contributed by atoms with Crippen LogP contribution in [0.4, 0.5) is 0 Å². The van der Waals surface area contributed by atoms with E-state index in [0.29, 0.717) is 12.0 Å². The van der Waals surface area contributed by atoms with Gasteiger partial charge in [0.2, 0.25) is 0 Å². The summed E-state index contributed by atoms with van der Waals surface area (Å²) >= 11 is 0. The van der Waals surface area contributed by atoms with Gasteiger partial charge in [-0.2, -0.15) is 0 Å². The van der Waals surface area contributed by atoms with Gasteiger partial charge in [-0.25, -0.2) is 0 Å². The zero-order valence-electron chi connectivity index (χ0n) is 12.4. The molecule has 0 aromatic heterocycles. The highest BCUT2D eigenvalue weighted by Gasteiger charge is 2.39. The van der Waals surface area contributed by atoms with Gasteiger partial charge in [0, 0.05) is 6.54 Å². The van der Waals surface area contributed by atoms with Crippen molar-refractivity contribution < 1.29 is 14.8 Å². The van der Waals surface area contributed by atoms with Crippen molar-refractivity contribution >= 4 is 12.6 Å². The van der Waals surface area contributed by atoms with E-state index in [1.165, 1.54) is 0 Å². The highest BCUT2D eigenvalue weighted by molar-refractivity contribution is 6.60. The van der Waals surface area contributed by atoms with E-state index >= 15 is 0 Å². The second-order valence-electron chi connectivity index (χ2n) is 5.77. The molecule has 0 bridgehead atoms. The molecule has 1 aromatic carbocycles. The quantitative estimate of drug-likeness (QED) is 0.661. The third kappa shape index (κ3) is 4.04. The highest BCUT2D eigenvalue weighted by Crippen LogP contribution is 2.25. The van der Waals surface area contributed by atoms with Gasteiger partial charge >= 0.3 is 7.12 Å². The van der Waals surface area contributed by atoms with Gasteiger partial charge in [0.15, 0.2) is 0 Å². The molecule has 0 unspecified atom stereocenters. The van der Waals surface area contributed by atoms with Crippen LogP contribution in [0, 0.1) is 0 Å². The minimum atomic E-state index is -1.06.